The molecule has 0 aliphatic carbocycles. The smallest absolute Gasteiger partial charge is 0.223 e. The molecule has 0 aromatic heterocycles. The lowest BCUT2D eigenvalue weighted by atomic mass is 10.2. The Kier molecular flexibility index (Phi) is 8.38. The Labute approximate surface area is 149 Å². The molecule has 0 unspecified atom stereocenters. The first kappa shape index (κ1) is 20.4. The highest BCUT2D eigenvalue weighted by molar-refractivity contribution is 5.81. The number of guanidine groups is 1. The number of hydrogen-bond acceptors (Lipinski definition) is 5. The van der Waals surface area contributed by atoms with E-state index in [1.54, 1.807) is 47.4 Å². The van der Waals surface area contributed by atoms with Crippen molar-refractivity contribution in [1.82, 2.24) is 15.5 Å². The van der Waals surface area contributed by atoms with Gasteiger partial charge in [-0.1, -0.05) is 0 Å². The molecule has 0 radical (unpaired) electrons. The van der Waals surface area contributed by atoms with E-state index in [1.807, 2.05) is 12.1 Å². The zero-order chi connectivity index (χ0) is 18.8. The van der Waals surface area contributed by atoms with E-state index >= 15 is 0 Å². The molecule has 0 bridgehead atoms. The van der Waals surface area contributed by atoms with Gasteiger partial charge in [0.1, 0.15) is 0 Å². The summed E-state index contributed by atoms with van der Waals surface area (Å²) >= 11 is 0. The van der Waals surface area contributed by atoms with Crippen LogP contribution in [0.25, 0.3) is 0 Å². The van der Waals surface area contributed by atoms with Crippen molar-refractivity contribution < 1.29 is 19.0 Å². The molecule has 0 aliphatic rings. The number of nitrogens with zero attached hydrogens (tertiary/aromatic N) is 2. The summed E-state index contributed by atoms with van der Waals surface area (Å²) in [4.78, 5) is 17.3. The minimum atomic E-state index is 0.0626. The van der Waals surface area contributed by atoms with Gasteiger partial charge >= 0.3 is 0 Å². The molecule has 0 spiro atoms. The summed E-state index contributed by atoms with van der Waals surface area (Å²) in [6.45, 7) is 1.02. The Morgan fingerprint density at radius 1 is 1.08 bits per heavy atom. The number of hydrogen-bond donors (Lipinski definition) is 2. The van der Waals surface area contributed by atoms with Gasteiger partial charge in [-0.2, -0.15) is 0 Å². The summed E-state index contributed by atoms with van der Waals surface area (Å²) < 4.78 is 16.0. The largest absolute Gasteiger partial charge is 0.493 e. The Morgan fingerprint density at radius 3 is 2.12 bits per heavy atom. The van der Waals surface area contributed by atoms with Crippen LogP contribution in [0, 0.1) is 0 Å². The van der Waals surface area contributed by atoms with Gasteiger partial charge in [-0.25, -0.2) is 0 Å². The topological polar surface area (TPSA) is 84.4 Å². The summed E-state index contributed by atoms with van der Waals surface area (Å²) in [5.74, 6) is 2.42. The van der Waals surface area contributed by atoms with Gasteiger partial charge in [0.05, 0.1) is 21.3 Å². The number of carbonyl (C=O) groups is 1. The standard InChI is InChI=1S/C17H28N4O4/c1-18-17(19-8-7-15(22)21(2)3)20-11-12-9-13(23-4)16(25-6)14(10-12)24-5/h9-10H,7-8,11H2,1-6H3,(H2,18,19,20). The maximum absolute atomic E-state index is 11.6. The van der Waals surface area contributed by atoms with Crippen LogP contribution in [0.1, 0.15) is 12.0 Å². The fraction of sp³-hybridized carbons (Fsp3) is 0.529. The number of ether oxygens (including phenoxy) is 3. The summed E-state index contributed by atoms with van der Waals surface area (Å²) in [5.41, 5.74) is 0.946. The quantitative estimate of drug-likeness (QED) is 0.533. The van der Waals surface area contributed by atoms with Gasteiger partial charge in [-0.15, -0.1) is 0 Å². The average Bonchev–Trinajstić information content (AvgIpc) is 2.62. The SMILES string of the molecule is CN=C(NCCC(=O)N(C)C)NCc1cc(OC)c(OC)c(OC)c1. The molecule has 0 heterocycles. The van der Waals surface area contributed by atoms with Gasteiger partial charge in [-0.3, -0.25) is 9.79 Å². The predicted molar refractivity (Wildman–Crippen MR) is 97.6 cm³/mol. The first-order valence-electron chi connectivity index (χ1n) is 7.90. The zero-order valence-corrected chi connectivity index (χ0v) is 15.8. The Bertz CT molecular complexity index is 577. The van der Waals surface area contributed by atoms with E-state index in [0.717, 1.165) is 5.56 Å². The monoisotopic (exact) mass is 352 g/mol. The van der Waals surface area contributed by atoms with Crippen LogP contribution in [0.4, 0.5) is 0 Å². The lowest BCUT2D eigenvalue weighted by molar-refractivity contribution is -0.128. The molecule has 1 amide bonds. The maximum Gasteiger partial charge on any atom is 0.223 e. The molecule has 8 nitrogen and oxygen atoms in total. The minimum Gasteiger partial charge on any atom is -0.493 e. The van der Waals surface area contributed by atoms with Crippen molar-refractivity contribution in [1.29, 1.82) is 0 Å². The van der Waals surface area contributed by atoms with Gasteiger partial charge in [0.2, 0.25) is 11.7 Å². The van der Waals surface area contributed by atoms with E-state index in [9.17, 15) is 4.79 Å². The number of carbonyl (C=O) groups excluding carboxylic acids is 1. The highest BCUT2D eigenvalue weighted by Gasteiger charge is 2.13. The van der Waals surface area contributed by atoms with Crippen molar-refractivity contribution in [2.75, 3.05) is 49.0 Å². The second kappa shape index (κ2) is 10.3. The van der Waals surface area contributed by atoms with E-state index in [2.05, 4.69) is 15.6 Å². The van der Waals surface area contributed by atoms with Crippen LogP contribution < -0.4 is 24.8 Å². The highest BCUT2D eigenvalue weighted by atomic mass is 16.5. The number of aliphatic imine (C=N–C) groups is 1. The van der Waals surface area contributed by atoms with Crippen LogP contribution in [0.3, 0.4) is 0 Å². The molecule has 0 fully saturated rings. The van der Waals surface area contributed by atoms with Crippen LogP contribution >= 0.6 is 0 Å². The Hall–Kier alpha value is -2.64. The zero-order valence-electron chi connectivity index (χ0n) is 15.8. The van der Waals surface area contributed by atoms with E-state index in [-0.39, 0.29) is 5.91 Å². The molecule has 2 N–H and O–H groups in total. The number of methoxy groups -OCH3 is 3. The fourth-order valence-electron chi connectivity index (χ4n) is 2.16. The summed E-state index contributed by atoms with van der Waals surface area (Å²) in [6, 6.07) is 3.74. The molecule has 1 aromatic carbocycles. The molecule has 1 aromatic rings. The fourth-order valence-corrected chi connectivity index (χ4v) is 2.16. The summed E-state index contributed by atoms with van der Waals surface area (Å²) in [5, 5.41) is 6.30. The first-order valence-corrected chi connectivity index (χ1v) is 7.90. The third kappa shape index (κ3) is 6.06. The molecule has 0 atom stereocenters. The second-order valence-corrected chi connectivity index (χ2v) is 5.42. The molecular weight excluding hydrogens is 324 g/mol. The maximum atomic E-state index is 11.6. The van der Waals surface area contributed by atoms with Gasteiger partial charge in [0.15, 0.2) is 17.5 Å². The lowest BCUT2D eigenvalue weighted by Gasteiger charge is -2.16. The van der Waals surface area contributed by atoms with Crippen LogP contribution in [-0.4, -0.2) is 65.8 Å². The third-order valence-corrected chi connectivity index (χ3v) is 3.54. The molecule has 0 aliphatic heterocycles. The predicted octanol–water partition coefficient (Wildman–Crippen LogP) is 0.856. The van der Waals surface area contributed by atoms with Crippen molar-refractivity contribution in [2.24, 2.45) is 4.99 Å². The Balaban J connectivity index is 2.67. The molecule has 140 valence electrons. The molecular formula is C17H28N4O4. The van der Waals surface area contributed by atoms with E-state index in [0.29, 0.717) is 42.7 Å². The van der Waals surface area contributed by atoms with Crippen LogP contribution in [0.5, 0.6) is 17.2 Å². The van der Waals surface area contributed by atoms with Gasteiger partial charge in [0.25, 0.3) is 0 Å². The number of rotatable bonds is 8. The molecule has 8 heteroatoms. The van der Waals surface area contributed by atoms with Crippen molar-refractivity contribution in [3.05, 3.63) is 17.7 Å². The van der Waals surface area contributed by atoms with Crippen LogP contribution in [0.15, 0.2) is 17.1 Å². The summed E-state index contributed by atoms with van der Waals surface area (Å²) in [7, 11) is 9.88. The number of nitrogens with one attached hydrogen (secondary N) is 2. The van der Waals surface area contributed by atoms with Crippen molar-refractivity contribution in [2.45, 2.75) is 13.0 Å². The Morgan fingerprint density at radius 2 is 1.68 bits per heavy atom. The van der Waals surface area contributed by atoms with Gasteiger partial charge in [0, 0.05) is 40.7 Å². The first-order chi connectivity index (χ1) is 12.0. The van der Waals surface area contributed by atoms with E-state index < -0.39 is 0 Å². The molecule has 25 heavy (non-hydrogen) atoms. The van der Waals surface area contributed by atoms with Crippen LogP contribution in [-0.2, 0) is 11.3 Å². The number of benzene rings is 1. The third-order valence-electron chi connectivity index (χ3n) is 3.54. The highest BCUT2D eigenvalue weighted by Crippen LogP contribution is 2.38. The van der Waals surface area contributed by atoms with E-state index in [4.69, 9.17) is 14.2 Å². The molecule has 0 saturated carbocycles. The van der Waals surface area contributed by atoms with E-state index in [1.165, 1.54) is 0 Å². The van der Waals surface area contributed by atoms with Crippen molar-refractivity contribution >= 4 is 11.9 Å². The van der Waals surface area contributed by atoms with Crippen molar-refractivity contribution in [3.8, 4) is 17.2 Å². The molecule has 0 saturated heterocycles. The minimum absolute atomic E-state index is 0.0626. The molecule has 1 rings (SSSR count). The van der Waals surface area contributed by atoms with Gasteiger partial charge < -0.3 is 29.7 Å². The van der Waals surface area contributed by atoms with Gasteiger partial charge in [-0.05, 0) is 17.7 Å². The normalized spacial score (nSPS) is 10.9. The number of amides is 1. The van der Waals surface area contributed by atoms with Crippen molar-refractivity contribution in [3.63, 3.8) is 0 Å². The average molecular weight is 352 g/mol. The van der Waals surface area contributed by atoms with Crippen LogP contribution in [0.2, 0.25) is 0 Å². The summed E-state index contributed by atoms with van der Waals surface area (Å²) in [6.07, 6.45) is 0.401. The lowest BCUT2D eigenvalue weighted by Crippen LogP contribution is -2.38. The second-order valence-electron chi connectivity index (χ2n) is 5.42.